The molecule has 0 aromatic rings. The molecule has 0 N–H and O–H groups in total. The van der Waals surface area contributed by atoms with Crippen molar-refractivity contribution in [1.82, 2.24) is 0 Å². The first-order valence-electron chi connectivity index (χ1n) is 3.84. The molecule has 0 heterocycles. The van der Waals surface area contributed by atoms with Crippen LogP contribution in [0.5, 0.6) is 0 Å². The highest BCUT2D eigenvalue weighted by molar-refractivity contribution is 6.02. The number of hydrogen-bond donors (Lipinski definition) is 0. The fraction of sp³-hybridized carbons (Fsp3) is 0.200. The SMILES string of the molecule is O=CCC(=O)C1=CC=CC=CC1. The third-order valence-electron chi connectivity index (χ3n) is 1.62. The number of Topliss-reactive ketones (excluding diaryl/α,β-unsaturated/α-hetero) is 1. The van der Waals surface area contributed by atoms with E-state index in [4.69, 9.17) is 0 Å². The van der Waals surface area contributed by atoms with Gasteiger partial charge in [-0.3, -0.25) is 4.79 Å². The molecule has 0 amide bonds. The molecule has 2 nitrogen and oxygen atoms in total. The monoisotopic (exact) mass is 162 g/mol. The van der Waals surface area contributed by atoms with Crippen molar-refractivity contribution in [2.24, 2.45) is 0 Å². The van der Waals surface area contributed by atoms with Gasteiger partial charge in [0.2, 0.25) is 0 Å². The van der Waals surface area contributed by atoms with Crippen LogP contribution < -0.4 is 0 Å². The number of rotatable bonds is 3. The first kappa shape index (κ1) is 8.65. The predicted molar refractivity (Wildman–Crippen MR) is 46.7 cm³/mol. The Bertz CT molecular complexity index is 270. The van der Waals surface area contributed by atoms with Gasteiger partial charge in [-0.15, -0.1) is 0 Å². The molecule has 0 atom stereocenters. The Morgan fingerprint density at radius 1 is 1.42 bits per heavy atom. The summed E-state index contributed by atoms with van der Waals surface area (Å²) in [5, 5.41) is 0. The lowest BCUT2D eigenvalue weighted by molar-refractivity contribution is -0.119. The highest BCUT2D eigenvalue weighted by atomic mass is 16.1. The zero-order valence-corrected chi connectivity index (χ0v) is 6.69. The van der Waals surface area contributed by atoms with Crippen molar-refractivity contribution in [2.45, 2.75) is 12.8 Å². The van der Waals surface area contributed by atoms with Crippen LogP contribution in [-0.4, -0.2) is 12.1 Å². The van der Waals surface area contributed by atoms with Crippen molar-refractivity contribution in [2.75, 3.05) is 0 Å². The standard InChI is InChI=1S/C10H10O2/c11-8-7-10(12)9-5-3-1-2-4-6-9/h1-5,8H,6-7H2. The molecule has 0 saturated carbocycles. The summed E-state index contributed by atoms with van der Waals surface area (Å²) in [7, 11) is 0. The van der Waals surface area contributed by atoms with E-state index in [2.05, 4.69) is 0 Å². The Morgan fingerprint density at radius 2 is 2.25 bits per heavy atom. The average Bonchev–Trinajstić information content (AvgIpc) is 2.32. The van der Waals surface area contributed by atoms with Crippen molar-refractivity contribution in [3.63, 3.8) is 0 Å². The lowest BCUT2D eigenvalue weighted by atomic mass is 10.1. The number of ketones is 1. The largest absolute Gasteiger partial charge is 0.303 e. The summed E-state index contributed by atoms with van der Waals surface area (Å²) in [6, 6.07) is 0. The molecule has 0 radical (unpaired) electrons. The maximum Gasteiger partial charge on any atom is 0.166 e. The minimum atomic E-state index is -0.0822. The molecule has 0 fully saturated rings. The van der Waals surface area contributed by atoms with Crippen LogP contribution in [0.3, 0.4) is 0 Å². The van der Waals surface area contributed by atoms with Gasteiger partial charge in [0, 0.05) is 0 Å². The van der Waals surface area contributed by atoms with Crippen molar-refractivity contribution in [3.05, 3.63) is 36.0 Å². The van der Waals surface area contributed by atoms with E-state index in [1.165, 1.54) is 0 Å². The molecule has 0 aromatic heterocycles. The van der Waals surface area contributed by atoms with E-state index in [0.717, 1.165) is 0 Å². The van der Waals surface area contributed by atoms with E-state index in [0.29, 0.717) is 18.3 Å². The predicted octanol–water partition coefficient (Wildman–Crippen LogP) is 1.59. The van der Waals surface area contributed by atoms with Gasteiger partial charge in [0.15, 0.2) is 5.78 Å². The van der Waals surface area contributed by atoms with Crippen molar-refractivity contribution < 1.29 is 9.59 Å². The number of aldehydes is 1. The molecular formula is C10H10O2. The van der Waals surface area contributed by atoms with Crippen LogP contribution in [0.25, 0.3) is 0 Å². The van der Waals surface area contributed by atoms with E-state index < -0.39 is 0 Å². The van der Waals surface area contributed by atoms with Crippen LogP contribution in [0.1, 0.15) is 12.8 Å². The van der Waals surface area contributed by atoms with E-state index in [1.807, 2.05) is 24.3 Å². The van der Waals surface area contributed by atoms with Gasteiger partial charge in [-0.25, -0.2) is 0 Å². The smallest absolute Gasteiger partial charge is 0.166 e. The Labute approximate surface area is 71.3 Å². The third-order valence-corrected chi connectivity index (χ3v) is 1.62. The average molecular weight is 162 g/mol. The van der Waals surface area contributed by atoms with Crippen LogP contribution in [0.2, 0.25) is 0 Å². The van der Waals surface area contributed by atoms with Crippen LogP contribution in [0.15, 0.2) is 36.0 Å². The summed E-state index contributed by atoms with van der Waals surface area (Å²) in [4.78, 5) is 21.2. The van der Waals surface area contributed by atoms with E-state index >= 15 is 0 Å². The van der Waals surface area contributed by atoms with Crippen molar-refractivity contribution in [1.29, 1.82) is 0 Å². The van der Waals surface area contributed by atoms with Gasteiger partial charge in [-0.1, -0.05) is 30.4 Å². The molecule has 0 unspecified atom stereocenters. The Balaban J connectivity index is 2.67. The highest BCUT2D eigenvalue weighted by Gasteiger charge is 2.06. The number of carbonyl (C=O) groups is 2. The molecule has 0 aliphatic heterocycles. The van der Waals surface area contributed by atoms with E-state index in [9.17, 15) is 9.59 Å². The van der Waals surface area contributed by atoms with Gasteiger partial charge in [0.1, 0.15) is 6.29 Å². The summed E-state index contributed by atoms with van der Waals surface area (Å²) in [5.41, 5.74) is 0.701. The Kier molecular flexibility index (Phi) is 3.20. The Morgan fingerprint density at radius 3 is 3.00 bits per heavy atom. The number of allylic oxidation sites excluding steroid dienone is 6. The van der Waals surface area contributed by atoms with Gasteiger partial charge < -0.3 is 4.79 Å². The molecule has 62 valence electrons. The van der Waals surface area contributed by atoms with Gasteiger partial charge in [0.05, 0.1) is 6.42 Å². The molecule has 0 aromatic carbocycles. The number of carbonyl (C=O) groups excluding carboxylic acids is 2. The second-order valence-corrected chi connectivity index (χ2v) is 2.50. The quantitative estimate of drug-likeness (QED) is 0.466. The lowest BCUT2D eigenvalue weighted by Crippen LogP contribution is -2.01. The molecule has 0 bridgehead atoms. The minimum Gasteiger partial charge on any atom is -0.303 e. The normalized spacial score (nSPS) is 15.2. The second-order valence-electron chi connectivity index (χ2n) is 2.50. The maximum absolute atomic E-state index is 11.2. The topological polar surface area (TPSA) is 34.1 Å². The minimum absolute atomic E-state index is 0.00644. The van der Waals surface area contributed by atoms with Gasteiger partial charge in [0.25, 0.3) is 0 Å². The second kappa shape index (κ2) is 4.44. The summed E-state index contributed by atoms with van der Waals surface area (Å²) in [6.07, 6.45) is 10.5. The molecule has 1 rings (SSSR count). The van der Waals surface area contributed by atoms with Gasteiger partial charge in [-0.2, -0.15) is 0 Å². The first-order valence-corrected chi connectivity index (χ1v) is 3.84. The lowest BCUT2D eigenvalue weighted by Gasteiger charge is -1.97. The molecule has 2 heteroatoms. The molecule has 0 spiro atoms. The molecular weight excluding hydrogens is 152 g/mol. The summed E-state index contributed by atoms with van der Waals surface area (Å²) in [5.74, 6) is -0.0822. The van der Waals surface area contributed by atoms with Crippen LogP contribution in [0.4, 0.5) is 0 Å². The van der Waals surface area contributed by atoms with E-state index in [1.54, 1.807) is 6.08 Å². The fourth-order valence-corrected chi connectivity index (χ4v) is 0.991. The zero-order chi connectivity index (χ0) is 8.81. The summed E-state index contributed by atoms with van der Waals surface area (Å²) in [6.45, 7) is 0. The molecule has 0 saturated heterocycles. The van der Waals surface area contributed by atoms with Crippen molar-refractivity contribution in [3.8, 4) is 0 Å². The first-order chi connectivity index (χ1) is 5.84. The zero-order valence-electron chi connectivity index (χ0n) is 6.69. The van der Waals surface area contributed by atoms with Crippen LogP contribution in [-0.2, 0) is 9.59 Å². The highest BCUT2D eigenvalue weighted by Crippen LogP contribution is 2.09. The van der Waals surface area contributed by atoms with Gasteiger partial charge >= 0.3 is 0 Å². The molecule has 12 heavy (non-hydrogen) atoms. The molecule has 1 aliphatic carbocycles. The third kappa shape index (κ3) is 2.31. The van der Waals surface area contributed by atoms with E-state index in [-0.39, 0.29) is 12.2 Å². The maximum atomic E-state index is 11.2. The van der Waals surface area contributed by atoms with Gasteiger partial charge in [-0.05, 0) is 12.0 Å². The number of hydrogen-bond acceptors (Lipinski definition) is 2. The molecule has 1 aliphatic rings. The summed E-state index contributed by atoms with van der Waals surface area (Å²) >= 11 is 0. The summed E-state index contributed by atoms with van der Waals surface area (Å²) < 4.78 is 0. The van der Waals surface area contributed by atoms with Crippen LogP contribution in [0, 0.1) is 0 Å². The fourth-order valence-electron chi connectivity index (χ4n) is 0.991. The van der Waals surface area contributed by atoms with Crippen LogP contribution >= 0.6 is 0 Å². The van der Waals surface area contributed by atoms with Crippen molar-refractivity contribution >= 4 is 12.1 Å². The Hall–Kier alpha value is -1.44.